The average molecular weight is 314 g/mol. The highest BCUT2D eigenvalue weighted by Crippen LogP contribution is 2.24. The summed E-state index contributed by atoms with van der Waals surface area (Å²) in [5, 5.41) is 11.0. The molecule has 0 atom stereocenters. The number of nitro benzene ring substituents is 1. The van der Waals surface area contributed by atoms with Crippen LogP contribution in [0.3, 0.4) is 0 Å². The first-order valence-corrected chi connectivity index (χ1v) is 6.77. The maximum atomic E-state index is 12.5. The number of nitrogens with two attached hydrogens (primary N) is 1. The minimum Gasteiger partial charge on any atom is -0.338 e. The number of halogens is 1. The van der Waals surface area contributed by atoms with Crippen LogP contribution in [0, 0.1) is 23.0 Å². The van der Waals surface area contributed by atoms with Crippen LogP contribution in [0.4, 0.5) is 5.69 Å². The van der Waals surface area contributed by atoms with E-state index in [0.29, 0.717) is 25.6 Å². The van der Waals surface area contributed by atoms with Crippen molar-refractivity contribution in [3.8, 4) is 0 Å². The van der Waals surface area contributed by atoms with Gasteiger partial charge in [0.1, 0.15) is 5.56 Å². The van der Waals surface area contributed by atoms with Crippen molar-refractivity contribution in [3.05, 3.63) is 39.4 Å². The molecule has 0 bridgehead atoms. The second-order valence-electron chi connectivity index (χ2n) is 5.25. The summed E-state index contributed by atoms with van der Waals surface area (Å²) < 4.78 is 0. The summed E-state index contributed by atoms with van der Waals surface area (Å²) in [6.07, 6.45) is 1.73. The Balaban J connectivity index is 0.00000220. The van der Waals surface area contributed by atoms with E-state index in [4.69, 9.17) is 5.73 Å². The van der Waals surface area contributed by atoms with Crippen LogP contribution in [-0.4, -0.2) is 35.4 Å². The smallest absolute Gasteiger partial charge is 0.282 e. The summed E-state index contributed by atoms with van der Waals surface area (Å²) in [5.41, 5.74) is 6.53. The fraction of sp³-hybridized carbons (Fsp3) is 0.500. The van der Waals surface area contributed by atoms with Crippen molar-refractivity contribution in [2.24, 2.45) is 11.7 Å². The lowest BCUT2D eigenvalue weighted by Crippen LogP contribution is -2.40. The quantitative estimate of drug-likeness (QED) is 0.684. The van der Waals surface area contributed by atoms with E-state index < -0.39 is 4.92 Å². The summed E-state index contributed by atoms with van der Waals surface area (Å²) in [6.45, 7) is 3.69. The normalized spacial score (nSPS) is 15.4. The number of piperidine rings is 1. The van der Waals surface area contributed by atoms with Crippen molar-refractivity contribution in [2.45, 2.75) is 19.8 Å². The summed E-state index contributed by atoms with van der Waals surface area (Å²) in [6, 6.07) is 4.64. The first kappa shape index (κ1) is 17.4. The van der Waals surface area contributed by atoms with Gasteiger partial charge < -0.3 is 10.6 Å². The summed E-state index contributed by atoms with van der Waals surface area (Å²) in [7, 11) is 0. The molecular weight excluding hydrogens is 294 g/mol. The van der Waals surface area contributed by atoms with Gasteiger partial charge in [-0.25, -0.2) is 0 Å². The van der Waals surface area contributed by atoms with Crippen LogP contribution in [0.5, 0.6) is 0 Å². The molecule has 1 aliphatic heterocycles. The van der Waals surface area contributed by atoms with Gasteiger partial charge in [-0.15, -0.1) is 12.4 Å². The number of hydrogen-bond acceptors (Lipinski definition) is 4. The third kappa shape index (κ3) is 3.92. The van der Waals surface area contributed by atoms with Crippen molar-refractivity contribution in [1.82, 2.24) is 4.90 Å². The maximum Gasteiger partial charge on any atom is 0.282 e. The summed E-state index contributed by atoms with van der Waals surface area (Å²) in [5.74, 6) is 0.197. The minimum atomic E-state index is -0.501. The lowest BCUT2D eigenvalue weighted by molar-refractivity contribution is -0.385. The average Bonchev–Trinajstić information content (AvgIpc) is 2.46. The molecule has 0 aliphatic carbocycles. The van der Waals surface area contributed by atoms with Crippen LogP contribution in [0.2, 0.25) is 0 Å². The second kappa shape index (κ2) is 7.38. The number of nitro groups is 1. The molecule has 0 saturated carbocycles. The van der Waals surface area contributed by atoms with Gasteiger partial charge in [-0.3, -0.25) is 14.9 Å². The Labute approximate surface area is 129 Å². The highest BCUT2D eigenvalue weighted by Gasteiger charge is 2.27. The molecule has 7 heteroatoms. The van der Waals surface area contributed by atoms with Crippen LogP contribution in [-0.2, 0) is 0 Å². The van der Waals surface area contributed by atoms with E-state index in [9.17, 15) is 14.9 Å². The van der Waals surface area contributed by atoms with E-state index in [1.807, 2.05) is 6.92 Å². The van der Waals surface area contributed by atoms with Crippen LogP contribution in [0.1, 0.15) is 28.8 Å². The van der Waals surface area contributed by atoms with Gasteiger partial charge in [0.25, 0.3) is 11.6 Å². The molecule has 2 rings (SSSR count). The van der Waals surface area contributed by atoms with Crippen LogP contribution in [0.15, 0.2) is 18.2 Å². The third-order valence-electron chi connectivity index (χ3n) is 3.81. The third-order valence-corrected chi connectivity index (χ3v) is 3.81. The van der Waals surface area contributed by atoms with E-state index in [2.05, 4.69) is 0 Å². The van der Waals surface area contributed by atoms with Gasteiger partial charge in [-0.2, -0.15) is 0 Å². The molecule has 1 aromatic rings. The molecule has 2 N–H and O–H groups in total. The highest BCUT2D eigenvalue weighted by molar-refractivity contribution is 5.98. The van der Waals surface area contributed by atoms with Crippen LogP contribution in [0.25, 0.3) is 0 Å². The van der Waals surface area contributed by atoms with Gasteiger partial charge in [-0.05, 0) is 43.9 Å². The van der Waals surface area contributed by atoms with E-state index >= 15 is 0 Å². The summed E-state index contributed by atoms with van der Waals surface area (Å²) >= 11 is 0. The molecule has 1 heterocycles. The molecule has 1 fully saturated rings. The Morgan fingerprint density at radius 2 is 2.05 bits per heavy atom. The number of nitrogens with zero attached hydrogens (tertiary/aromatic N) is 2. The Hall–Kier alpha value is -1.66. The van der Waals surface area contributed by atoms with Gasteiger partial charge >= 0.3 is 0 Å². The molecule has 6 nitrogen and oxygen atoms in total. The topological polar surface area (TPSA) is 89.5 Å². The molecule has 21 heavy (non-hydrogen) atoms. The molecule has 1 aliphatic rings. The number of carbonyl (C=O) groups excluding carboxylic acids is 1. The zero-order valence-corrected chi connectivity index (χ0v) is 12.8. The Bertz CT molecular complexity index is 528. The van der Waals surface area contributed by atoms with Crippen molar-refractivity contribution in [1.29, 1.82) is 0 Å². The monoisotopic (exact) mass is 313 g/mol. The van der Waals surface area contributed by atoms with Gasteiger partial charge in [0, 0.05) is 19.2 Å². The van der Waals surface area contributed by atoms with E-state index in [1.54, 1.807) is 17.0 Å². The SMILES string of the molecule is Cc1ccc([N+](=O)[O-])c(C(=O)N2CCC(CN)CC2)c1.Cl. The Morgan fingerprint density at radius 1 is 1.43 bits per heavy atom. The van der Waals surface area contributed by atoms with Gasteiger partial charge in [0.15, 0.2) is 0 Å². The zero-order valence-electron chi connectivity index (χ0n) is 11.9. The minimum absolute atomic E-state index is 0. The highest BCUT2D eigenvalue weighted by atomic mass is 35.5. The number of likely N-dealkylation sites (tertiary alicyclic amines) is 1. The molecule has 0 spiro atoms. The molecular formula is C14H20ClN3O3. The number of rotatable bonds is 3. The Kier molecular flexibility index (Phi) is 6.11. The second-order valence-corrected chi connectivity index (χ2v) is 5.25. The molecule has 0 radical (unpaired) electrons. The van der Waals surface area contributed by atoms with Crippen molar-refractivity contribution >= 4 is 24.0 Å². The van der Waals surface area contributed by atoms with Crippen molar-refractivity contribution in [3.63, 3.8) is 0 Å². The predicted molar refractivity (Wildman–Crippen MR) is 82.8 cm³/mol. The fourth-order valence-electron chi connectivity index (χ4n) is 2.52. The molecule has 1 aromatic carbocycles. The molecule has 0 unspecified atom stereocenters. The van der Waals surface area contributed by atoms with Crippen molar-refractivity contribution < 1.29 is 9.72 Å². The summed E-state index contributed by atoms with van der Waals surface area (Å²) in [4.78, 5) is 24.7. The largest absolute Gasteiger partial charge is 0.338 e. The first-order valence-electron chi connectivity index (χ1n) is 6.77. The van der Waals surface area contributed by atoms with E-state index in [0.717, 1.165) is 18.4 Å². The van der Waals surface area contributed by atoms with Gasteiger partial charge in [-0.1, -0.05) is 6.07 Å². The molecule has 1 saturated heterocycles. The number of hydrogen-bond donors (Lipinski definition) is 1. The molecule has 0 aromatic heterocycles. The molecule has 116 valence electrons. The number of aryl methyl sites for hydroxylation is 1. The zero-order chi connectivity index (χ0) is 14.7. The van der Waals surface area contributed by atoms with E-state index in [1.165, 1.54) is 6.07 Å². The lowest BCUT2D eigenvalue weighted by atomic mass is 9.96. The Morgan fingerprint density at radius 3 is 2.57 bits per heavy atom. The standard InChI is InChI=1S/C14H19N3O3.ClH/c1-10-2-3-13(17(19)20)12(8-10)14(18)16-6-4-11(9-15)5-7-16;/h2-3,8,11H,4-7,9,15H2,1H3;1H. The van der Waals surface area contributed by atoms with E-state index in [-0.39, 0.29) is 29.6 Å². The number of carbonyl (C=O) groups is 1. The molecule has 1 amide bonds. The fourth-order valence-corrected chi connectivity index (χ4v) is 2.52. The maximum absolute atomic E-state index is 12.5. The van der Waals surface area contributed by atoms with Gasteiger partial charge in [0.2, 0.25) is 0 Å². The van der Waals surface area contributed by atoms with Crippen LogP contribution < -0.4 is 5.73 Å². The van der Waals surface area contributed by atoms with Crippen molar-refractivity contribution in [2.75, 3.05) is 19.6 Å². The predicted octanol–water partition coefficient (Wildman–Crippen LogP) is 2.14. The lowest BCUT2D eigenvalue weighted by Gasteiger charge is -2.31. The first-order chi connectivity index (χ1) is 9.52. The number of amides is 1. The van der Waals surface area contributed by atoms with Gasteiger partial charge in [0.05, 0.1) is 4.92 Å². The van der Waals surface area contributed by atoms with Crippen LogP contribution >= 0.6 is 12.4 Å². The number of benzene rings is 1.